The molecule has 1 aromatic heterocycles. The molecule has 0 aliphatic rings. The van der Waals surface area contributed by atoms with Gasteiger partial charge >= 0.3 is 0 Å². The van der Waals surface area contributed by atoms with Crippen molar-refractivity contribution in [1.29, 1.82) is 0 Å². The van der Waals surface area contributed by atoms with E-state index in [0.717, 1.165) is 25.1 Å². The van der Waals surface area contributed by atoms with E-state index < -0.39 is 0 Å². The SMILES string of the molecule is NCCCc1ccncn1. The Morgan fingerprint density at radius 1 is 1.50 bits per heavy atom. The zero-order chi connectivity index (χ0) is 7.23. The van der Waals surface area contributed by atoms with Gasteiger partial charge in [0.25, 0.3) is 0 Å². The van der Waals surface area contributed by atoms with E-state index in [1.165, 1.54) is 0 Å². The van der Waals surface area contributed by atoms with Crippen molar-refractivity contribution in [2.24, 2.45) is 5.73 Å². The Balaban J connectivity index is 2.43. The lowest BCUT2D eigenvalue weighted by atomic mass is 10.2. The van der Waals surface area contributed by atoms with Gasteiger partial charge in [-0.1, -0.05) is 0 Å². The summed E-state index contributed by atoms with van der Waals surface area (Å²) < 4.78 is 0. The van der Waals surface area contributed by atoms with Crippen molar-refractivity contribution in [1.82, 2.24) is 9.97 Å². The summed E-state index contributed by atoms with van der Waals surface area (Å²) in [5.74, 6) is 0. The highest BCUT2D eigenvalue weighted by Crippen LogP contribution is 1.94. The highest BCUT2D eigenvalue weighted by Gasteiger charge is 1.89. The second-order valence-electron chi connectivity index (χ2n) is 2.09. The van der Waals surface area contributed by atoms with E-state index in [1.54, 1.807) is 12.5 Å². The molecular weight excluding hydrogens is 126 g/mol. The third-order valence-corrected chi connectivity index (χ3v) is 1.28. The van der Waals surface area contributed by atoms with E-state index in [1.807, 2.05) is 6.07 Å². The lowest BCUT2D eigenvalue weighted by Crippen LogP contribution is -2.01. The van der Waals surface area contributed by atoms with E-state index in [4.69, 9.17) is 5.73 Å². The molecule has 0 radical (unpaired) electrons. The summed E-state index contributed by atoms with van der Waals surface area (Å²) in [5.41, 5.74) is 6.40. The molecule has 0 saturated carbocycles. The van der Waals surface area contributed by atoms with Crippen LogP contribution in [0.4, 0.5) is 0 Å². The first-order valence-electron chi connectivity index (χ1n) is 3.38. The van der Waals surface area contributed by atoms with E-state index in [-0.39, 0.29) is 0 Å². The molecule has 0 fully saturated rings. The first-order chi connectivity index (χ1) is 4.93. The van der Waals surface area contributed by atoms with Crippen molar-refractivity contribution >= 4 is 0 Å². The van der Waals surface area contributed by atoms with Crippen molar-refractivity contribution in [2.45, 2.75) is 12.8 Å². The van der Waals surface area contributed by atoms with Crippen molar-refractivity contribution in [3.8, 4) is 0 Å². The van der Waals surface area contributed by atoms with Crippen molar-refractivity contribution in [3.05, 3.63) is 24.3 Å². The van der Waals surface area contributed by atoms with E-state index >= 15 is 0 Å². The summed E-state index contributed by atoms with van der Waals surface area (Å²) in [5, 5.41) is 0. The van der Waals surface area contributed by atoms with Crippen LogP contribution in [0.3, 0.4) is 0 Å². The number of aryl methyl sites for hydroxylation is 1. The van der Waals surface area contributed by atoms with Gasteiger partial charge in [0.2, 0.25) is 0 Å². The van der Waals surface area contributed by atoms with Crippen molar-refractivity contribution < 1.29 is 0 Å². The van der Waals surface area contributed by atoms with E-state index in [0.29, 0.717) is 0 Å². The average molecular weight is 137 g/mol. The summed E-state index contributed by atoms with van der Waals surface area (Å²) in [6.45, 7) is 0.726. The minimum atomic E-state index is 0.726. The predicted octanol–water partition coefficient (Wildman–Crippen LogP) is 0.368. The molecule has 1 rings (SSSR count). The molecule has 3 nitrogen and oxygen atoms in total. The Labute approximate surface area is 60.3 Å². The molecule has 0 aliphatic heterocycles. The predicted molar refractivity (Wildman–Crippen MR) is 39.4 cm³/mol. The topological polar surface area (TPSA) is 51.8 Å². The minimum absolute atomic E-state index is 0.726. The standard InChI is InChI=1S/C7H11N3/c8-4-1-2-7-3-5-9-6-10-7/h3,5-6H,1-2,4,8H2. The summed E-state index contributed by atoms with van der Waals surface area (Å²) in [7, 11) is 0. The van der Waals surface area contributed by atoms with Crippen LogP contribution in [-0.4, -0.2) is 16.5 Å². The Hall–Kier alpha value is -0.960. The van der Waals surface area contributed by atoms with Crippen LogP contribution in [0.5, 0.6) is 0 Å². The maximum atomic E-state index is 5.33. The van der Waals surface area contributed by atoms with Crippen LogP contribution in [0.25, 0.3) is 0 Å². The number of rotatable bonds is 3. The zero-order valence-electron chi connectivity index (χ0n) is 5.83. The Morgan fingerprint density at radius 3 is 3.00 bits per heavy atom. The molecule has 0 saturated heterocycles. The largest absolute Gasteiger partial charge is 0.330 e. The third kappa shape index (κ3) is 2.11. The summed E-state index contributed by atoms with van der Waals surface area (Å²) in [6.07, 6.45) is 5.26. The van der Waals surface area contributed by atoms with Crippen molar-refractivity contribution in [2.75, 3.05) is 6.54 Å². The smallest absolute Gasteiger partial charge is 0.115 e. The molecule has 3 heteroatoms. The monoisotopic (exact) mass is 137 g/mol. The first kappa shape index (κ1) is 7.15. The molecule has 0 spiro atoms. The second-order valence-corrected chi connectivity index (χ2v) is 2.09. The Kier molecular flexibility index (Phi) is 2.83. The molecule has 0 bridgehead atoms. The fourth-order valence-corrected chi connectivity index (χ4v) is 0.749. The van der Waals surface area contributed by atoms with E-state index in [9.17, 15) is 0 Å². The van der Waals surface area contributed by atoms with Crippen LogP contribution in [0.15, 0.2) is 18.6 Å². The highest BCUT2D eigenvalue weighted by atomic mass is 14.8. The molecule has 0 aromatic carbocycles. The van der Waals surface area contributed by atoms with Gasteiger partial charge in [-0.3, -0.25) is 0 Å². The number of nitrogens with zero attached hydrogens (tertiary/aromatic N) is 2. The fraction of sp³-hybridized carbons (Fsp3) is 0.429. The molecule has 54 valence electrons. The molecule has 0 atom stereocenters. The average Bonchev–Trinajstić information content (AvgIpc) is 2.03. The van der Waals surface area contributed by atoms with Gasteiger partial charge in [-0.15, -0.1) is 0 Å². The normalized spacial score (nSPS) is 9.70. The molecule has 1 aromatic rings. The maximum Gasteiger partial charge on any atom is 0.115 e. The molecule has 0 unspecified atom stereocenters. The van der Waals surface area contributed by atoms with Gasteiger partial charge in [0.05, 0.1) is 0 Å². The van der Waals surface area contributed by atoms with Crippen molar-refractivity contribution in [3.63, 3.8) is 0 Å². The highest BCUT2D eigenvalue weighted by molar-refractivity contribution is 4.97. The molecule has 10 heavy (non-hydrogen) atoms. The third-order valence-electron chi connectivity index (χ3n) is 1.28. The zero-order valence-corrected chi connectivity index (χ0v) is 5.83. The molecule has 0 amide bonds. The molecule has 0 aliphatic carbocycles. The van der Waals surface area contributed by atoms with Crippen LogP contribution in [0.1, 0.15) is 12.1 Å². The van der Waals surface area contributed by atoms with Crippen LogP contribution in [-0.2, 0) is 6.42 Å². The van der Waals surface area contributed by atoms with Gasteiger partial charge in [0, 0.05) is 11.9 Å². The summed E-state index contributed by atoms with van der Waals surface area (Å²) in [6, 6.07) is 1.91. The Morgan fingerprint density at radius 2 is 2.40 bits per heavy atom. The molecule has 1 heterocycles. The van der Waals surface area contributed by atoms with Crippen LogP contribution in [0.2, 0.25) is 0 Å². The minimum Gasteiger partial charge on any atom is -0.330 e. The van der Waals surface area contributed by atoms with Gasteiger partial charge in [0.15, 0.2) is 0 Å². The molecular formula is C7H11N3. The van der Waals surface area contributed by atoms with Crippen LogP contribution in [0, 0.1) is 0 Å². The maximum absolute atomic E-state index is 5.33. The number of hydrogen-bond donors (Lipinski definition) is 1. The first-order valence-corrected chi connectivity index (χ1v) is 3.38. The summed E-state index contributed by atoms with van der Waals surface area (Å²) in [4.78, 5) is 7.86. The molecule has 2 N–H and O–H groups in total. The second kappa shape index (κ2) is 3.95. The Bertz CT molecular complexity index is 173. The lowest BCUT2D eigenvalue weighted by molar-refractivity contribution is 0.805. The van der Waals surface area contributed by atoms with Crippen LogP contribution >= 0.6 is 0 Å². The number of nitrogens with two attached hydrogens (primary N) is 1. The van der Waals surface area contributed by atoms with Gasteiger partial charge in [-0.05, 0) is 25.5 Å². The number of aromatic nitrogens is 2. The van der Waals surface area contributed by atoms with Gasteiger partial charge in [-0.25, -0.2) is 9.97 Å². The lowest BCUT2D eigenvalue weighted by Gasteiger charge is -1.94. The van der Waals surface area contributed by atoms with Gasteiger partial charge < -0.3 is 5.73 Å². The van der Waals surface area contributed by atoms with Crippen LogP contribution < -0.4 is 5.73 Å². The fourth-order valence-electron chi connectivity index (χ4n) is 0.749. The van der Waals surface area contributed by atoms with Gasteiger partial charge in [-0.2, -0.15) is 0 Å². The number of hydrogen-bond acceptors (Lipinski definition) is 3. The van der Waals surface area contributed by atoms with Gasteiger partial charge in [0.1, 0.15) is 6.33 Å². The quantitative estimate of drug-likeness (QED) is 0.654. The van der Waals surface area contributed by atoms with E-state index in [2.05, 4.69) is 9.97 Å². The summed E-state index contributed by atoms with van der Waals surface area (Å²) >= 11 is 0.